The Kier molecular flexibility index (Phi) is 8.94. The van der Waals surface area contributed by atoms with Gasteiger partial charge in [-0.2, -0.15) is 0 Å². The Morgan fingerprint density at radius 2 is 1.93 bits per heavy atom. The Bertz CT molecular complexity index is 809. The van der Waals surface area contributed by atoms with Crippen molar-refractivity contribution in [1.82, 2.24) is 20.7 Å². The highest BCUT2D eigenvalue weighted by Gasteiger charge is 2.22. The summed E-state index contributed by atoms with van der Waals surface area (Å²) in [5.41, 5.74) is 3.46. The number of aliphatic imine (C=N–C) groups is 1. The van der Waals surface area contributed by atoms with E-state index in [9.17, 15) is 4.79 Å². The predicted molar refractivity (Wildman–Crippen MR) is 124 cm³/mol. The van der Waals surface area contributed by atoms with Crippen LogP contribution in [-0.2, 0) is 24.4 Å². The first-order chi connectivity index (χ1) is 13.6. The van der Waals surface area contributed by atoms with Gasteiger partial charge in [0.15, 0.2) is 11.7 Å². The van der Waals surface area contributed by atoms with Gasteiger partial charge < -0.3 is 20.1 Å². The molecule has 29 heavy (non-hydrogen) atoms. The third-order valence-electron chi connectivity index (χ3n) is 4.88. The number of halogens is 1. The average Bonchev–Trinajstić information content (AvgIpc) is 3.34. The molecule has 0 aliphatic carbocycles. The van der Waals surface area contributed by atoms with Crippen LogP contribution in [0.4, 0.5) is 0 Å². The van der Waals surface area contributed by atoms with E-state index < -0.39 is 0 Å². The Balaban J connectivity index is 0.00000300. The zero-order chi connectivity index (χ0) is 19.9. The third kappa shape index (κ3) is 6.45. The van der Waals surface area contributed by atoms with E-state index in [1.54, 1.807) is 7.05 Å². The molecule has 0 unspecified atom stereocenters. The molecule has 1 amide bonds. The number of nitrogens with one attached hydrogen (secondary N) is 2. The van der Waals surface area contributed by atoms with Crippen molar-refractivity contribution in [2.24, 2.45) is 4.99 Å². The Morgan fingerprint density at radius 1 is 1.24 bits per heavy atom. The number of aromatic nitrogens is 1. The minimum Gasteiger partial charge on any atom is -0.359 e. The average molecular weight is 511 g/mol. The fraction of sp³-hybridized carbons (Fsp3) is 0.476. The van der Waals surface area contributed by atoms with Gasteiger partial charge in [0.05, 0.1) is 12.2 Å². The molecule has 8 heteroatoms. The van der Waals surface area contributed by atoms with Gasteiger partial charge in [0.1, 0.15) is 0 Å². The van der Waals surface area contributed by atoms with E-state index in [2.05, 4.69) is 46.8 Å². The van der Waals surface area contributed by atoms with Crippen molar-refractivity contribution in [2.75, 3.05) is 13.6 Å². The smallest absolute Gasteiger partial charge is 0.223 e. The number of nitrogens with zero attached hydrogens (tertiary/aromatic N) is 3. The SMILES string of the molecule is CN=C(NCCCC(=O)N1Cc2ccccc2C1)NCc1cc(C(C)C)no1.I. The minimum atomic E-state index is 0. The van der Waals surface area contributed by atoms with Gasteiger partial charge in [-0.05, 0) is 23.5 Å². The number of fused-ring (bicyclic) bond motifs is 1. The van der Waals surface area contributed by atoms with Crippen molar-refractivity contribution in [3.05, 3.63) is 52.9 Å². The number of amides is 1. The number of hydrogen-bond donors (Lipinski definition) is 2. The highest BCUT2D eigenvalue weighted by molar-refractivity contribution is 14.0. The van der Waals surface area contributed by atoms with E-state index in [0.29, 0.717) is 31.4 Å². The van der Waals surface area contributed by atoms with E-state index in [4.69, 9.17) is 4.52 Å². The molecule has 1 aliphatic rings. The molecule has 3 rings (SSSR count). The summed E-state index contributed by atoms with van der Waals surface area (Å²) in [6, 6.07) is 10.2. The van der Waals surface area contributed by atoms with Crippen molar-refractivity contribution in [3.63, 3.8) is 0 Å². The van der Waals surface area contributed by atoms with Crippen LogP contribution in [0.1, 0.15) is 55.2 Å². The fourth-order valence-corrected chi connectivity index (χ4v) is 3.19. The Morgan fingerprint density at radius 3 is 2.52 bits per heavy atom. The molecule has 0 radical (unpaired) electrons. The van der Waals surface area contributed by atoms with Crippen LogP contribution in [-0.4, -0.2) is 35.5 Å². The number of hydrogen-bond acceptors (Lipinski definition) is 4. The maximum atomic E-state index is 12.4. The monoisotopic (exact) mass is 511 g/mol. The quantitative estimate of drug-likeness (QED) is 0.258. The molecule has 2 N–H and O–H groups in total. The van der Waals surface area contributed by atoms with Crippen molar-refractivity contribution < 1.29 is 9.32 Å². The molecular formula is C21H30IN5O2. The lowest BCUT2D eigenvalue weighted by Gasteiger charge is -2.16. The molecule has 0 bridgehead atoms. The zero-order valence-electron chi connectivity index (χ0n) is 17.3. The van der Waals surface area contributed by atoms with Crippen LogP contribution in [0.25, 0.3) is 0 Å². The summed E-state index contributed by atoms with van der Waals surface area (Å²) in [6.07, 6.45) is 1.28. The van der Waals surface area contributed by atoms with E-state index in [1.807, 2.05) is 23.1 Å². The summed E-state index contributed by atoms with van der Waals surface area (Å²) in [5.74, 6) is 2.00. The zero-order valence-corrected chi connectivity index (χ0v) is 19.6. The summed E-state index contributed by atoms with van der Waals surface area (Å²) in [6.45, 7) is 6.81. The van der Waals surface area contributed by atoms with Gasteiger partial charge >= 0.3 is 0 Å². The summed E-state index contributed by atoms with van der Waals surface area (Å²) in [4.78, 5) is 18.6. The van der Waals surface area contributed by atoms with Crippen LogP contribution in [0.2, 0.25) is 0 Å². The van der Waals surface area contributed by atoms with E-state index in [-0.39, 0.29) is 29.9 Å². The van der Waals surface area contributed by atoms with Gasteiger partial charge in [-0.1, -0.05) is 43.3 Å². The highest BCUT2D eigenvalue weighted by Crippen LogP contribution is 2.22. The number of carbonyl (C=O) groups is 1. The lowest BCUT2D eigenvalue weighted by molar-refractivity contribution is -0.131. The van der Waals surface area contributed by atoms with Crippen molar-refractivity contribution in [1.29, 1.82) is 0 Å². The normalized spacial score (nSPS) is 13.2. The molecule has 0 fully saturated rings. The van der Waals surface area contributed by atoms with Gasteiger partial charge in [0.2, 0.25) is 5.91 Å². The van der Waals surface area contributed by atoms with Gasteiger partial charge in [0, 0.05) is 39.2 Å². The van der Waals surface area contributed by atoms with Gasteiger partial charge in [-0.15, -0.1) is 24.0 Å². The van der Waals surface area contributed by atoms with E-state index in [0.717, 1.165) is 31.0 Å². The van der Waals surface area contributed by atoms with Crippen molar-refractivity contribution >= 4 is 35.8 Å². The topological polar surface area (TPSA) is 82.8 Å². The Labute approximate surface area is 189 Å². The van der Waals surface area contributed by atoms with Crippen LogP contribution >= 0.6 is 24.0 Å². The molecule has 158 valence electrons. The van der Waals surface area contributed by atoms with E-state index >= 15 is 0 Å². The summed E-state index contributed by atoms with van der Waals surface area (Å²) >= 11 is 0. The maximum absolute atomic E-state index is 12.4. The van der Waals surface area contributed by atoms with Crippen LogP contribution in [0, 0.1) is 0 Å². The summed E-state index contributed by atoms with van der Waals surface area (Å²) < 4.78 is 5.32. The molecule has 1 aromatic heterocycles. The largest absolute Gasteiger partial charge is 0.359 e. The number of rotatable bonds is 7. The lowest BCUT2D eigenvalue weighted by atomic mass is 10.1. The highest BCUT2D eigenvalue weighted by atomic mass is 127. The molecule has 0 saturated carbocycles. The molecule has 0 atom stereocenters. The van der Waals surface area contributed by atoms with Crippen LogP contribution in [0.5, 0.6) is 0 Å². The van der Waals surface area contributed by atoms with Crippen molar-refractivity contribution in [3.8, 4) is 0 Å². The van der Waals surface area contributed by atoms with Gasteiger partial charge in [-0.25, -0.2) is 0 Å². The minimum absolute atomic E-state index is 0. The molecule has 1 aliphatic heterocycles. The first-order valence-electron chi connectivity index (χ1n) is 9.81. The molecular weight excluding hydrogens is 481 g/mol. The first kappa shape index (κ1) is 23.2. The first-order valence-corrected chi connectivity index (χ1v) is 9.81. The van der Waals surface area contributed by atoms with Crippen molar-refractivity contribution in [2.45, 2.75) is 52.2 Å². The second kappa shape index (κ2) is 11.2. The molecule has 1 aromatic carbocycles. The van der Waals surface area contributed by atoms with Gasteiger partial charge in [0.25, 0.3) is 0 Å². The molecule has 2 aromatic rings. The Hall–Kier alpha value is -2.10. The van der Waals surface area contributed by atoms with Crippen LogP contribution in [0.3, 0.4) is 0 Å². The predicted octanol–water partition coefficient (Wildman–Crippen LogP) is 3.40. The molecule has 7 nitrogen and oxygen atoms in total. The number of benzene rings is 1. The molecule has 2 heterocycles. The standard InChI is InChI=1S/C21H29N5O2.HI/c1-15(2)19-11-18(28-25-19)12-24-21(22-3)23-10-6-9-20(27)26-13-16-7-4-5-8-17(16)14-26;/h4-5,7-8,11,15H,6,9-10,12-14H2,1-3H3,(H2,22,23,24);1H. The van der Waals surface area contributed by atoms with Gasteiger partial charge in [-0.3, -0.25) is 9.79 Å². The number of guanidine groups is 1. The maximum Gasteiger partial charge on any atom is 0.223 e. The fourth-order valence-electron chi connectivity index (χ4n) is 3.19. The summed E-state index contributed by atoms with van der Waals surface area (Å²) in [7, 11) is 1.72. The second-order valence-electron chi connectivity index (χ2n) is 7.35. The molecule has 0 saturated heterocycles. The number of carbonyl (C=O) groups excluding carboxylic acids is 1. The van der Waals surface area contributed by atoms with Crippen LogP contribution in [0.15, 0.2) is 39.8 Å². The van der Waals surface area contributed by atoms with E-state index in [1.165, 1.54) is 11.1 Å². The lowest BCUT2D eigenvalue weighted by Crippen LogP contribution is -2.37. The molecule has 0 spiro atoms. The summed E-state index contributed by atoms with van der Waals surface area (Å²) in [5, 5.41) is 10.5. The van der Waals surface area contributed by atoms with Crippen LogP contribution < -0.4 is 10.6 Å². The second-order valence-corrected chi connectivity index (χ2v) is 7.35. The third-order valence-corrected chi connectivity index (χ3v) is 4.88.